The third-order valence-electron chi connectivity index (χ3n) is 3.33. The first kappa shape index (κ1) is 14.6. The van der Waals surface area contributed by atoms with E-state index in [9.17, 15) is 9.90 Å². The Balaban J connectivity index is 2.27. The van der Waals surface area contributed by atoms with Gasteiger partial charge in [0.05, 0.1) is 12.2 Å². The smallest absolute Gasteiger partial charge is 0.411 e. The maximum Gasteiger partial charge on any atom is 0.411 e. The molecule has 0 fully saturated rings. The van der Waals surface area contributed by atoms with Crippen LogP contribution in [0.3, 0.4) is 0 Å². The lowest BCUT2D eigenvalue weighted by Crippen LogP contribution is -2.53. The van der Waals surface area contributed by atoms with Crippen molar-refractivity contribution in [2.75, 3.05) is 0 Å². The van der Waals surface area contributed by atoms with Crippen molar-refractivity contribution in [2.45, 2.75) is 58.7 Å². The molecule has 1 aliphatic rings. The number of ether oxygens (including phenoxy) is 1. The zero-order valence-electron chi connectivity index (χ0n) is 12.7. The summed E-state index contributed by atoms with van der Waals surface area (Å²) in [6.07, 6.45) is 0.275. The van der Waals surface area contributed by atoms with E-state index in [2.05, 4.69) is 4.98 Å². The van der Waals surface area contributed by atoms with Crippen LogP contribution in [0.15, 0.2) is 12.1 Å². The van der Waals surface area contributed by atoms with Crippen molar-refractivity contribution in [2.24, 2.45) is 0 Å². The van der Waals surface area contributed by atoms with Crippen molar-refractivity contribution in [3.8, 4) is 5.88 Å². The Morgan fingerprint density at radius 1 is 1.40 bits per heavy atom. The topological polar surface area (TPSA) is 62.7 Å². The van der Waals surface area contributed by atoms with Crippen molar-refractivity contribution in [1.29, 1.82) is 0 Å². The molecule has 0 radical (unpaired) electrons. The number of hydrogen-bond donors (Lipinski definition) is 1. The molecule has 2 rings (SSSR count). The first-order chi connectivity index (χ1) is 9.08. The van der Waals surface area contributed by atoms with E-state index >= 15 is 0 Å². The van der Waals surface area contributed by atoms with Crippen LogP contribution in [-0.2, 0) is 17.7 Å². The number of nitrogens with zero attached hydrogens (tertiary/aromatic N) is 2. The number of hydrogen-bond acceptors (Lipinski definition) is 4. The molecule has 1 N–H and O–H groups in total. The van der Waals surface area contributed by atoms with Gasteiger partial charge in [0, 0.05) is 18.0 Å². The first-order valence-corrected chi connectivity index (χ1v) is 6.77. The van der Waals surface area contributed by atoms with Gasteiger partial charge in [-0.05, 0) is 40.2 Å². The summed E-state index contributed by atoms with van der Waals surface area (Å²) < 4.78 is 5.47. The van der Waals surface area contributed by atoms with Crippen LogP contribution in [0.2, 0.25) is 0 Å². The van der Waals surface area contributed by atoms with Gasteiger partial charge in [-0.2, -0.15) is 0 Å². The van der Waals surface area contributed by atoms with E-state index in [1.54, 1.807) is 11.0 Å². The van der Waals surface area contributed by atoms with E-state index in [4.69, 9.17) is 4.74 Å². The number of amides is 1. The highest BCUT2D eigenvalue weighted by molar-refractivity contribution is 5.69. The van der Waals surface area contributed by atoms with Crippen molar-refractivity contribution < 1.29 is 14.6 Å². The molecule has 0 unspecified atom stereocenters. The molecule has 0 saturated heterocycles. The number of aromatic nitrogens is 1. The van der Waals surface area contributed by atoms with Gasteiger partial charge in [-0.3, -0.25) is 4.90 Å². The monoisotopic (exact) mass is 278 g/mol. The Morgan fingerprint density at radius 2 is 2.05 bits per heavy atom. The minimum Gasteiger partial charge on any atom is -0.493 e. The van der Waals surface area contributed by atoms with Gasteiger partial charge in [-0.1, -0.05) is 6.07 Å². The second-order valence-electron chi connectivity index (χ2n) is 6.83. The van der Waals surface area contributed by atoms with E-state index < -0.39 is 11.1 Å². The molecule has 1 aromatic rings. The molecule has 0 bridgehead atoms. The van der Waals surface area contributed by atoms with Crippen LogP contribution < -0.4 is 0 Å². The molecule has 20 heavy (non-hydrogen) atoms. The van der Waals surface area contributed by atoms with Crippen LogP contribution in [0.4, 0.5) is 4.79 Å². The fourth-order valence-corrected chi connectivity index (χ4v) is 2.33. The highest BCUT2D eigenvalue weighted by atomic mass is 16.6. The molecular formula is C15H22N2O3. The molecule has 1 aliphatic heterocycles. The maximum atomic E-state index is 12.3. The van der Waals surface area contributed by atoms with E-state index in [0.717, 1.165) is 11.3 Å². The van der Waals surface area contributed by atoms with Gasteiger partial charge in [0.25, 0.3) is 0 Å². The van der Waals surface area contributed by atoms with Crippen LogP contribution in [0.1, 0.15) is 45.9 Å². The summed E-state index contributed by atoms with van der Waals surface area (Å²) in [5.41, 5.74) is 0.888. The Hall–Kier alpha value is -1.78. The third kappa shape index (κ3) is 3.03. The SMILES string of the molecule is CC(C)(C)OC(=O)N1Cc2ccc(O)nc2CC1(C)C. The zero-order chi connectivity index (χ0) is 15.1. The summed E-state index contributed by atoms with van der Waals surface area (Å²) in [7, 11) is 0. The van der Waals surface area contributed by atoms with Gasteiger partial charge < -0.3 is 9.84 Å². The number of carbonyl (C=O) groups excluding carboxylic acids is 1. The molecule has 5 nitrogen and oxygen atoms in total. The minimum atomic E-state index is -0.513. The van der Waals surface area contributed by atoms with Gasteiger partial charge >= 0.3 is 6.09 Å². The van der Waals surface area contributed by atoms with Crippen molar-refractivity contribution >= 4 is 6.09 Å². The molecule has 5 heteroatoms. The number of pyridine rings is 1. The van der Waals surface area contributed by atoms with E-state index in [0.29, 0.717) is 13.0 Å². The lowest BCUT2D eigenvalue weighted by molar-refractivity contribution is -0.00290. The lowest BCUT2D eigenvalue weighted by atomic mass is 9.89. The highest BCUT2D eigenvalue weighted by Crippen LogP contribution is 2.31. The van der Waals surface area contributed by atoms with E-state index in [1.807, 2.05) is 40.7 Å². The summed E-state index contributed by atoms with van der Waals surface area (Å²) in [5.74, 6) is 0.0188. The number of rotatable bonds is 0. The largest absolute Gasteiger partial charge is 0.493 e. The van der Waals surface area contributed by atoms with Gasteiger partial charge in [0.2, 0.25) is 5.88 Å². The van der Waals surface area contributed by atoms with Crippen LogP contribution in [0, 0.1) is 0 Å². The molecule has 0 aromatic carbocycles. The number of aromatic hydroxyl groups is 1. The predicted octanol–water partition coefficient (Wildman–Crippen LogP) is 2.86. The average Bonchev–Trinajstić information content (AvgIpc) is 2.23. The quantitative estimate of drug-likeness (QED) is 0.792. The Kier molecular flexibility index (Phi) is 3.40. The van der Waals surface area contributed by atoms with Crippen LogP contribution in [0.25, 0.3) is 0 Å². The lowest BCUT2D eigenvalue weighted by Gasteiger charge is -2.42. The normalized spacial score (nSPS) is 17.6. The fourth-order valence-electron chi connectivity index (χ4n) is 2.33. The van der Waals surface area contributed by atoms with Gasteiger partial charge in [0.15, 0.2) is 0 Å². The molecule has 110 valence electrons. The molecule has 0 aliphatic carbocycles. The van der Waals surface area contributed by atoms with Crippen molar-refractivity contribution in [3.63, 3.8) is 0 Å². The average molecular weight is 278 g/mol. The van der Waals surface area contributed by atoms with Crippen molar-refractivity contribution in [1.82, 2.24) is 9.88 Å². The molecule has 0 spiro atoms. The Bertz CT molecular complexity index is 532. The van der Waals surface area contributed by atoms with Gasteiger partial charge in [0.1, 0.15) is 5.60 Å². The highest BCUT2D eigenvalue weighted by Gasteiger charge is 2.38. The van der Waals surface area contributed by atoms with Crippen LogP contribution >= 0.6 is 0 Å². The molecule has 2 heterocycles. The van der Waals surface area contributed by atoms with Crippen LogP contribution in [0.5, 0.6) is 5.88 Å². The Morgan fingerprint density at radius 3 is 2.65 bits per heavy atom. The number of carbonyl (C=O) groups is 1. The molecule has 0 atom stereocenters. The maximum absolute atomic E-state index is 12.3. The van der Waals surface area contributed by atoms with Gasteiger partial charge in [-0.25, -0.2) is 9.78 Å². The first-order valence-electron chi connectivity index (χ1n) is 6.77. The summed E-state index contributed by atoms with van der Waals surface area (Å²) in [5, 5.41) is 9.47. The predicted molar refractivity (Wildman–Crippen MR) is 75.5 cm³/mol. The summed E-state index contributed by atoms with van der Waals surface area (Å²) in [4.78, 5) is 18.2. The zero-order valence-corrected chi connectivity index (χ0v) is 12.7. The van der Waals surface area contributed by atoms with Gasteiger partial charge in [-0.15, -0.1) is 0 Å². The second kappa shape index (κ2) is 4.65. The van der Waals surface area contributed by atoms with Crippen LogP contribution in [-0.4, -0.2) is 32.2 Å². The minimum absolute atomic E-state index is 0.0188. The molecule has 1 amide bonds. The molecular weight excluding hydrogens is 256 g/mol. The summed E-state index contributed by atoms with van der Waals surface area (Å²) in [6.45, 7) is 9.97. The standard InChI is InChI=1S/C15H22N2O3/c1-14(2,3)20-13(19)17-9-10-6-7-12(18)16-11(10)8-15(17,4)5/h6-7H,8-9H2,1-5H3,(H,16,18). The van der Waals surface area contributed by atoms with E-state index in [1.165, 1.54) is 0 Å². The fraction of sp³-hybridized carbons (Fsp3) is 0.600. The summed E-state index contributed by atoms with van der Waals surface area (Å²) in [6, 6.07) is 3.36. The van der Waals surface area contributed by atoms with E-state index in [-0.39, 0.29) is 12.0 Å². The summed E-state index contributed by atoms with van der Waals surface area (Å²) >= 11 is 0. The molecule has 1 aromatic heterocycles. The van der Waals surface area contributed by atoms with Crippen molar-refractivity contribution in [3.05, 3.63) is 23.4 Å². The third-order valence-corrected chi connectivity index (χ3v) is 3.33. The Labute approximate surface area is 119 Å². The second-order valence-corrected chi connectivity index (χ2v) is 6.83. The number of fused-ring (bicyclic) bond motifs is 1. The molecule has 0 saturated carbocycles.